The third-order valence-corrected chi connectivity index (χ3v) is 4.30. The standard InChI is InChI=1S/C16H25N3O/c1-19-9-3-2-4-15(19)12-20-16-7-8-17-14(10-16)11-18-13-5-6-13/h7-8,10,13,15,18H,2-6,9,11-12H2,1H3. The van der Waals surface area contributed by atoms with Crippen LogP contribution in [0.4, 0.5) is 0 Å². The average Bonchev–Trinajstić information content (AvgIpc) is 3.29. The van der Waals surface area contributed by atoms with Gasteiger partial charge in [0.2, 0.25) is 0 Å². The molecule has 1 aliphatic carbocycles. The lowest BCUT2D eigenvalue weighted by atomic mass is 10.0. The summed E-state index contributed by atoms with van der Waals surface area (Å²) in [5.41, 5.74) is 1.08. The Morgan fingerprint density at radius 2 is 2.25 bits per heavy atom. The first-order valence-corrected chi connectivity index (χ1v) is 7.82. The minimum atomic E-state index is 0.560. The largest absolute Gasteiger partial charge is 0.492 e. The molecule has 1 saturated carbocycles. The Hall–Kier alpha value is -1.13. The van der Waals surface area contributed by atoms with E-state index in [4.69, 9.17) is 4.74 Å². The highest BCUT2D eigenvalue weighted by atomic mass is 16.5. The molecule has 2 fully saturated rings. The Morgan fingerprint density at radius 1 is 1.35 bits per heavy atom. The van der Waals surface area contributed by atoms with Crippen LogP contribution in [-0.2, 0) is 6.54 Å². The highest BCUT2D eigenvalue weighted by Crippen LogP contribution is 2.20. The number of pyridine rings is 1. The predicted molar refractivity (Wildman–Crippen MR) is 79.9 cm³/mol. The van der Waals surface area contributed by atoms with Crippen LogP contribution in [0.15, 0.2) is 18.3 Å². The normalized spacial score (nSPS) is 23.8. The van der Waals surface area contributed by atoms with Crippen LogP contribution in [0, 0.1) is 0 Å². The van der Waals surface area contributed by atoms with Gasteiger partial charge < -0.3 is 15.0 Å². The fraction of sp³-hybridized carbons (Fsp3) is 0.688. The van der Waals surface area contributed by atoms with Crippen molar-refractivity contribution >= 4 is 0 Å². The molecular weight excluding hydrogens is 250 g/mol. The molecule has 0 amide bonds. The van der Waals surface area contributed by atoms with E-state index < -0.39 is 0 Å². The molecule has 1 aliphatic heterocycles. The molecule has 0 bridgehead atoms. The molecule has 1 unspecified atom stereocenters. The number of hydrogen-bond donors (Lipinski definition) is 1. The molecule has 1 atom stereocenters. The summed E-state index contributed by atoms with van der Waals surface area (Å²) >= 11 is 0. The lowest BCUT2D eigenvalue weighted by molar-refractivity contribution is 0.125. The summed E-state index contributed by atoms with van der Waals surface area (Å²) in [5, 5.41) is 3.49. The average molecular weight is 275 g/mol. The maximum Gasteiger partial charge on any atom is 0.122 e. The van der Waals surface area contributed by atoms with Gasteiger partial charge in [0.15, 0.2) is 0 Å². The molecular formula is C16H25N3O. The van der Waals surface area contributed by atoms with Crippen LogP contribution in [0.3, 0.4) is 0 Å². The number of aromatic nitrogens is 1. The van der Waals surface area contributed by atoms with Crippen LogP contribution in [0.1, 0.15) is 37.8 Å². The van der Waals surface area contributed by atoms with Crippen molar-refractivity contribution in [3.63, 3.8) is 0 Å². The van der Waals surface area contributed by atoms with Crippen molar-refractivity contribution < 1.29 is 4.74 Å². The van der Waals surface area contributed by atoms with E-state index in [1.807, 2.05) is 12.3 Å². The van der Waals surface area contributed by atoms with Gasteiger partial charge in [-0.3, -0.25) is 4.98 Å². The Morgan fingerprint density at radius 3 is 3.05 bits per heavy atom. The van der Waals surface area contributed by atoms with Crippen LogP contribution in [0.25, 0.3) is 0 Å². The summed E-state index contributed by atoms with van der Waals surface area (Å²) in [6.45, 7) is 2.84. The summed E-state index contributed by atoms with van der Waals surface area (Å²) in [6.07, 6.45) is 8.36. The zero-order chi connectivity index (χ0) is 13.8. The second-order valence-corrected chi connectivity index (χ2v) is 6.08. The third-order valence-electron chi connectivity index (χ3n) is 4.30. The smallest absolute Gasteiger partial charge is 0.122 e. The van der Waals surface area contributed by atoms with Crippen molar-refractivity contribution in [1.82, 2.24) is 15.2 Å². The molecule has 1 N–H and O–H groups in total. The van der Waals surface area contributed by atoms with E-state index in [9.17, 15) is 0 Å². The molecule has 0 aromatic carbocycles. The van der Waals surface area contributed by atoms with Gasteiger partial charge in [0.25, 0.3) is 0 Å². The Kier molecular flexibility index (Phi) is 4.53. The molecule has 1 aromatic heterocycles. The van der Waals surface area contributed by atoms with E-state index in [2.05, 4.69) is 28.3 Å². The maximum atomic E-state index is 5.97. The van der Waals surface area contributed by atoms with E-state index >= 15 is 0 Å². The van der Waals surface area contributed by atoms with Gasteiger partial charge in [-0.25, -0.2) is 0 Å². The SMILES string of the molecule is CN1CCCCC1COc1ccnc(CNC2CC2)c1. The lowest BCUT2D eigenvalue weighted by Crippen LogP contribution is -2.40. The summed E-state index contributed by atoms with van der Waals surface area (Å²) in [6, 6.07) is 5.31. The second kappa shape index (κ2) is 6.55. The number of likely N-dealkylation sites (tertiary alicyclic amines) is 1. The van der Waals surface area contributed by atoms with Gasteiger partial charge in [-0.05, 0) is 45.3 Å². The fourth-order valence-corrected chi connectivity index (χ4v) is 2.73. The lowest BCUT2D eigenvalue weighted by Gasteiger charge is -2.32. The fourth-order valence-electron chi connectivity index (χ4n) is 2.73. The van der Waals surface area contributed by atoms with E-state index in [-0.39, 0.29) is 0 Å². The zero-order valence-electron chi connectivity index (χ0n) is 12.3. The molecule has 1 aromatic rings. The number of likely N-dealkylation sites (N-methyl/N-ethyl adjacent to an activating group) is 1. The molecule has 4 nitrogen and oxygen atoms in total. The topological polar surface area (TPSA) is 37.4 Å². The number of piperidine rings is 1. The van der Waals surface area contributed by atoms with E-state index in [1.165, 1.54) is 38.6 Å². The molecule has 4 heteroatoms. The Balaban J connectivity index is 1.49. The maximum absolute atomic E-state index is 5.97. The van der Waals surface area contributed by atoms with Gasteiger partial charge in [0, 0.05) is 30.9 Å². The zero-order valence-corrected chi connectivity index (χ0v) is 12.3. The monoisotopic (exact) mass is 275 g/mol. The molecule has 110 valence electrons. The van der Waals surface area contributed by atoms with Crippen molar-refractivity contribution in [2.75, 3.05) is 20.2 Å². The second-order valence-electron chi connectivity index (χ2n) is 6.08. The number of ether oxygens (including phenoxy) is 1. The first-order valence-electron chi connectivity index (χ1n) is 7.82. The van der Waals surface area contributed by atoms with Gasteiger partial charge in [0.05, 0.1) is 5.69 Å². The van der Waals surface area contributed by atoms with E-state index in [1.54, 1.807) is 0 Å². The van der Waals surface area contributed by atoms with Crippen molar-refractivity contribution in [1.29, 1.82) is 0 Å². The molecule has 2 aliphatic rings. The molecule has 2 heterocycles. The van der Waals surface area contributed by atoms with Crippen molar-refractivity contribution in [2.24, 2.45) is 0 Å². The van der Waals surface area contributed by atoms with Crippen LogP contribution in [0.5, 0.6) is 5.75 Å². The van der Waals surface area contributed by atoms with E-state index in [0.717, 1.165) is 30.6 Å². The van der Waals surface area contributed by atoms with Crippen LogP contribution in [-0.4, -0.2) is 42.2 Å². The quantitative estimate of drug-likeness (QED) is 0.863. The molecule has 3 rings (SSSR count). The Bertz CT molecular complexity index is 433. The van der Waals surface area contributed by atoms with Crippen molar-refractivity contribution in [3.8, 4) is 5.75 Å². The van der Waals surface area contributed by atoms with Gasteiger partial charge in [-0.2, -0.15) is 0 Å². The summed E-state index contributed by atoms with van der Waals surface area (Å²) in [5.74, 6) is 0.951. The first-order chi connectivity index (χ1) is 9.81. The number of nitrogens with zero attached hydrogens (tertiary/aromatic N) is 2. The molecule has 0 radical (unpaired) electrons. The Labute approximate surface area is 121 Å². The predicted octanol–water partition coefficient (Wildman–Crippen LogP) is 2.20. The number of nitrogens with one attached hydrogen (secondary N) is 1. The molecule has 20 heavy (non-hydrogen) atoms. The summed E-state index contributed by atoms with van der Waals surface area (Å²) < 4.78 is 5.97. The van der Waals surface area contributed by atoms with Gasteiger partial charge >= 0.3 is 0 Å². The third kappa shape index (κ3) is 3.93. The summed E-state index contributed by atoms with van der Waals surface area (Å²) in [4.78, 5) is 6.81. The molecule has 0 spiro atoms. The van der Waals surface area contributed by atoms with Crippen molar-refractivity contribution in [2.45, 2.75) is 50.7 Å². The van der Waals surface area contributed by atoms with Gasteiger partial charge in [-0.15, -0.1) is 0 Å². The number of hydrogen-bond acceptors (Lipinski definition) is 4. The minimum Gasteiger partial charge on any atom is -0.492 e. The highest BCUT2D eigenvalue weighted by Gasteiger charge is 2.21. The minimum absolute atomic E-state index is 0.560. The molecule has 1 saturated heterocycles. The number of rotatable bonds is 6. The van der Waals surface area contributed by atoms with Crippen LogP contribution >= 0.6 is 0 Å². The highest BCUT2D eigenvalue weighted by molar-refractivity contribution is 5.22. The first kappa shape index (κ1) is 13.8. The van der Waals surface area contributed by atoms with Crippen LogP contribution < -0.4 is 10.1 Å². The van der Waals surface area contributed by atoms with Crippen LogP contribution in [0.2, 0.25) is 0 Å². The van der Waals surface area contributed by atoms with Gasteiger partial charge in [-0.1, -0.05) is 6.42 Å². The van der Waals surface area contributed by atoms with Gasteiger partial charge in [0.1, 0.15) is 12.4 Å². The van der Waals surface area contributed by atoms with E-state index in [0.29, 0.717) is 6.04 Å². The van der Waals surface area contributed by atoms with Crippen molar-refractivity contribution in [3.05, 3.63) is 24.0 Å². The summed E-state index contributed by atoms with van der Waals surface area (Å²) in [7, 11) is 2.20.